The summed E-state index contributed by atoms with van der Waals surface area (Å²) in [6, 6.07) is 5.09. The Morgan fingerprint density at radius 3 is 2.69 bits per heavy atom. The van der Waals surface area contributed by atoms with Gasteiger partial charge in [-0.15, -0.1) is 0 Å². The highest BCUT2D eigenvalue weighted by atomic mass is 79.9. The Hall–Kier alpha value is -0.410. The lowest BCUT2D eigenvalue weighted by Crippen LogP contribution is -2.43. The zero-order valence-electron chi connectivity index (χ0n) is 7.19. The van der Waals surface area contributed by atoms with Crippen molar-refractivity contribution < 1.29 is 4.39 Å². The molecule has 3 heteroatoms. The van der Waals surface area contributed by atoms with Gasteiger partial charge in [-0.3, -0.25) is 0 Å². The normalized spacial score (nSPS) is 17.1. The zero-order chi connectivity index (χ0) is 9.26. The van der Waals surface area contributed by atoms with Crippen LogP contribution in [0.15, 0.2) is 22.7 Å². The maximum absolute atomic E-state index is 13.0. The van der Waals surface area contributed by atoms with Crippen molar-refractivity contribution >= 4 is 15.9 Å². The average molecular weight is 244 g/mol. The minimum absolute atomic E-state index is 0.156. The average Bonchev–Trinajstić information content (AvgIpc) is 1.95. The number of rotatable bonds is 2. The van der Waals surface area contributed by atoms with Crippen molar-refractivity contribution in [1.29, 1.82) is 0 Å². The van der Waals surface area contributed by atoms with Crippen molar-refractivity contribution in [3.8, 4) is 0 Å². The highest BCUT2D eigenvalue weighted by Gasteiger charge is 2.17. The summed E-state index contributed by atoms with van der Waals surface area (Å²) in [6.45, 7) is 2.13. The molecule has 2 rings (SSSR count). The topological polar surface area (TPSA) is 12.0 Å². The Morgan fingerprint density at radius 2 is 2.15 bits per heavy atom. The number of benzene rings is 1. The van der Waals surface area contributed by atoms with E-state index in [4.69, 9.17) is 0 Å². The first-order chi connectivity index (χ1) is 6.24. The Labute approximate surface area is 85.5 Å². The molecule has 1 aromatic rings. The van der Waals surface area contributed by atoms with Crippen molar-refractivity contribution in [3.63, 3.8) is 0 Å². The Balaban J connectivity index is 2.10. The van der Waals surface area contributed by atoms with Crippen LogP contribution in [0.2, 0.25) is 0 Å². The van der Waals surface area contributed by atoms with Gasteiger partial charge in [0.1, 0.15) is 5.82 Å². The first-order valence-corrected chi connectivity index (χ1v) is 5.19. The van der Waals surface area contributed by atoms with Gasteiger partial charge in [-0.2, -0.15) is 0 Å². The molecular weight excluding hydrogens is 233 g/mol. The fourth-order valence-corrected chi connectivity index (χ4v) is 2.07. The molecular formula is C10H11BrFN. The maximum Gasteiger partial charge on any atom is 0.124 e. The number of nitrogens with one attached hydrogen (secondary N) is 1. The standard InChI is InChI=1S/C10H11BrFN/c11-9-2-7(3-10(12)4-9)1-8-5-13-6-8/h2-4,8,13H,1,5-6H2. The second kappa shape index (κ2) is 3.76. The molecule has 1 nitrogen and oxygen atoms in total. The molecule has 0 bridgehead atoms. The van der Waals surface area contributed by atoms with Crippen LogP contribution in [-0.2, 0) is 6.42 Å². The number of hydrogen-bond acceptors (Lipinski definition) is 1. The molecule has 0 aromatic heterocycles. The van der Waals surface area contributed by atoms with Gasteiger partial charge in [-0.25, -0.2) is 4.39 Å². The Bertz CT molecular complexity index is 290. The van der Waals surface area contributed by atoms with E-state index in [2.05, 4.69) is 21.2 Å². The molecule has 0 aliphatic carbocycles. The molecule has 13 heavy (non-hydrogen) atoms. The smallest absolute Gasteiger partial charge is 0.124 e. The molecule has 70 valence electrons. The predicted molar refractivity (Wildman–Crippen MR) is 54.2 cm³/mol. The molecule has 1 aromatic carbocycles. The monoisotopic (exact) mass is 243 g/mol. The van der Waals surface area contributed by atoms with E-state index in [9.17, 15) is 4.39 Å². The summed E-state index contributed by atoms with van der Waals surface area (Å²) in [5, 5.41) is 3.21. The molecule has 0 amide bonds. The quantitative estimate of drug-likeness (QED) is 0.842. The Kier molecular flexibility index (Phi) is 2.65. The van der Waals surface area contributed by atoms with E-state index < -0.39 is 0 Å². The van der Waals surface area contributed by atoms with Crippen LogP contribution in [0.3, 0.4) is 0 Å². The van der Waals surface area contributed by atoms with Gasteiger partial charge < -0.3 is 5.32 Å². The van der Waals surface area contributed by atoms with Gasteiger partial charge in [0, 0.05) is 4.47 Å². The van der Waals surface area contributed by atoms with E-state index in [0.29, 0.717) is 5.92 Å². The van der Waals surface area contributed by atoms with E-state index in [1.807, 2.05) is 6.07 Å². The minimum Gasteiger partial charge on any atom is -0.316 e. The molecule has 1 aliphatic rings. The summed E-state index contributed by atoms with van der Waals surface area (Å²) < 4.78 is 13.8. The molecule has 1 fully saturated rings. The van der Waals surface area contributed by atoms with Crippen LogP contribution in [0, 0.1) is 11.7 Å². The van der Waals surface area contributed by atoms with Gasteiger partial charge in [-0.1, -0.05) is 15.9 Å². The summed E-state index contributed by atoms with van der Waals surface area (Å²) in [7, 11) is 0. The van der Waals surface area contributed by atoms with E-state index >= 15 is 0 Å². The molecule has 1 aliphatic heterocycles. The van der Waals surface area contributed by atoms with E-state index in [-0.39, 0.29) is 5.82 Å². The van der Waals surface area contributed by atoms with Gasteiger partial charge >= 0.3 is 0 Å². The third-order valence-corrected chi connectivity index (χ3v) is 2.77. The van der Waals surface area contributed by atoms with Crippen LogP contribution in [0.4, 0.5) is 4.39 Å². The van der Waals surface area contributed by atoms with Crippen LogP contribution in [0.1, 0.15) is 5.56 Å². The maximum atomic E-state index is 13.0. The summed E-state index contributed by atoms with van der Waals surface area (Å²) in [5.41, 5.74) is 1.08. The SMILES string of the molecule is Fc1cc(Br)cc(CC2CNC2)c1. The third kappa shape index (κ3) is 2.29. The molecule has 1 N–H and O–H groups in total. The fraction of sp³-hybridized carbons (Fsp3) is 0.400. The van der Waals surface area contributed by atoms with Crippen molar-refractivity contribution in [3.05, 3.63) is 34.1 Å². The van der Waals surface area contributed by atoms with Gasteiger partial charge in [0.25, 0.3) is 0 Å². The lowest BCUT2D eigenvalue weighted by Gasteiger charge is -2.27. The van der Waals surface area contributed by atoms with Gasteiger partial charge in [0.15, 0.2) is 0 Å². The zero-order valence-corrected chi connectivity index (χ0v) is 8.77. The van der Waals surface area contributed by atoms with E-state index in [1.54, 1.807) is 6.07 Å². The summed E-state index contributed by atoms with van der Waals surface area (Å²) >= 11 is 3.29. The van der Waals surface area contributed by atoms with E-state index in [0.717, 1.165) is 29.5 Å². The highest BCUT2D eigenvalue weighted by Crippen LogP contribution is 2.18. The second-order valence-electron chi connectivity index (χ2n) is 3.51. The fourth-order valence-electron chi connectivity index (χ4n) is 1.55. The third-order valence-electron chi connectivity index (χ3n) is 2.31. The summed E-state index contributed by atoms with van der Waals surface area (Å²) in [6.07, 6.45) is 0.976. The summed E-state index contributed by atoms with van der Waals surface area (Å²) in [5.74, 6) is 0.533. The Morgan fingerprint density at radius 1 is 1.38 bits per heavy atom. The van der Waals surface area contributed by atoms with Crippen molar-refractivity contribution in [1.82, 2.24) is 5.32 Å². The van der Waals surface area contributed by atoms with Gasteiger partial charge in [0.05, 0.1) is 0 Å². The van der Waals surface area contributed by atoms with Crippen molar-refractivity contribution in [2.75, 3.05) is 13.1 Å². The van der Waals surface area contributed by atoms with E-state index in [1.165, 1.54) is 6.07 Å². The number of hydrogen-bond donors (Lipinski definition) is 1. The van der Waals surface area contributed by atoms with Crippen LogP contribution >= 0.6 is 15.9 Å². The van der Waals surface area contributed by atoms with Crippen molar-refractivity contribution in [2.45, 2.75) is 6.42 Å². The lowest BCUT2D eigenvalue weighted by molar-refractivity contribution is 0.346. The van der Waals surface area contributed by atoms with Gasteiger partial charge in [-0.05, 0) is 49.2 Å². The van der Waals surface area contributed by atoms with Crippen LogP contribution in [0.25, 0.3) is 0 Å². The summed E-state index contributed by atoms with van der Waals surface area (Å²) in [4.78, 5) is 0. The minimum atomic E-state index is -0.156. The second-order valence-corrected chi connectivity index (χ2v) is 4.42. The van der Waals surface area contributed by atoms with Crippen LogP contribution in [-0.4, -0.2) is 13.1 Å². The van der Waals surface area contributed by atoms with Crippen LogP contribution < -0.4 is 5.32 Å². The highest BCUT2D eigenvalue weighted by molar-refractivity contribution is 9.10. The lowest BCUT2D eigenvalue weighted by atomic mass is 9.94. The predicted octanol–water partition coefficient (Wildman–Crippen LogP) is 2.35. The van der Waals surface area contributed by atoms with Gasteiger partial charge in [0.2, 0.25) is 0 Å². The molecule has 0 unspecified atom stereocenters. The molecule has 1 saturated heterocycles. The van der Waals surface area contributed by atoms with Crippen molar-refractivity contribution in [2.24, 2.45) is 5.92 Å². The first kappa shape index (κ1) is 9.16. The largest absolute Gasteiger partial charge is 0.316 e. The molecule has 0 atom stereocenters. The molecule has 0 spiro atoms. The van der Waals surface area contributed by atoms with Crippen LogP contribution in [0.5, 0.6) is 0 Å². The molecule has 0 saturated carbocycles. The molecule has 1 heterocycles. The molecule has 0 radical (unpaired) electrons. The number of halogens is 2. The first-order valence-electron chi connectivity index (χ1n) is 4.40.